The van der Waals surface area contributed by atoms with Crippen molar-refractivity contribution in [2.24, 2.45) is 5.92 Å². The second-order valence-electron chi connectivity index (χ2n) is 7.80. The van der Waals surface area contributed by atoms with E-state index in [9.17, 15) is 18.8 Å². The average Bonchev–Trinajstić information content (AvgIpc) is 2.92. The topological polar surface area (TPSA) is 69.7 Å². The Morgan fingerprint density at radius 3 is 2.43 bits per heavy atom. The lowest BCUT2D eigenvalue weighted by molar-refractivity contribution is -0.124. The zero-order valence-electron chi connectivity index (χ0n) is 17.4. The van der Waals surface area contributed by atoms with Crippen molar-refractivity contribution in [1.82, 2.24) is 4.90 Å². The molecule has 1 heterocycles. The number of imide groups is 1. The Labute approximate surface area is 175 Å². The molecule has 0 spiro atoms. The predicted octanol–water partition coefficient (Wildman–Crippen LogP) is 4.21. The zero-order chi connectivity index (χ0) is 21.8. The molecule has 0 radical (unpaired) electrons. The molecule has 1 aliphatic heterocycles. The molecule has 6 nitrogen and oxygen atoms in total. The quantitative estimate of drug-likeness (QED) is 0.694. The van der Waals surface area contributed by atoms with Gasteiger partial charge in [0, 0.05) is 12.2 Å². The molecule has 1 aliphatic rings. The molecule has 1 fully saturated rings. The number of amides is 4. The number of benzene rings is 2. The molecule has 158 valence electrons. The van der Waals surface area contributed by atoms with Crippen LogP contribution >= 0.6 is 0 Å². The fourth-order valence-electron chi connectivity index (χ4n) is 3.50. The SMILES string of the molecule is CCc1ccc(NC(=O)CC2C(=O)N(c3cccc(F)c3)C(=O)N2CC(C)C)cc1. The molecule has 4 amide bonds. The van der Waals surface area contributed by atoms with Crippen LogP contribution in [0.2, 0.25) is 0 Å². The minimum atomic E-state index is -0.932. The van der Waals surface area contributed by atoms with Gasteiger partial charge in [0.1, 0.15) is 11.9 Å². The molecule has 2 aromatic carbocycles. The molecule has 1 atom stereocenters. The Bertz CT molecular complexity index is 943. The van der Waals surface area contributed by atoms with E-state index in [-0.39, 0.29) is 23.9 Å². The maximum absolute atomic E-state index is 13.7. The molecule has 1 N–H and O–H groups in total. The number of urea groups is 1. The third kappa shape index (κ3) is 4.67. The summed E-state index contributed by atoms with van der Waals surface area (Å²) in [6.07, 6.45) is 0.728. The second kappa shape index (κ2) is 9.07. The maximum Gasteiger partial charge on any atom is 0.332 e. The van der Waals surface area contributed by atoms with Crippen LogP contribution in [-0.2, 0) is 16.0 Å². The molecule has 7 heteroatoms. The van der Waals surface area contributed by atoms with Crippen molar-refractivity contribution < 1.29 is 18.8 Å². The summed E-state index contributed by atoms with van der Waals surface area (Å²) in [4.78, 5) is 41.0. The van der Waals surface area contributed by atoms with Gasteiger partial charge in [-0.15, -0.1) is 0 Å². The largest absolute Gasteiger partial charge is 0.332 e. The molecule has 1 saturated heterocycles. The number of hydrogen-bond donors (Lipinski definition) is 1. The molecule has 2 aromatic rings. The van der Waals surface area contributed by atoms with Gasteiger partial charge in [0.25, 0.3) is 5.91 Å². The van der Waals surface area contributed by atoms with Crippen LogP contribution in [0.1, 0.15) is 32.8 Å². The third-order valence-corrected chi connectivity index (χ3v) is 4.97. The first-order chi connectivity index (χ1) is 14.3. The van der Waals surface area contributed by atoms with Crippen molar-refractivity contribution in [2.45, 2.75) is 39.7 Å². The van der Waals surface area contributed by atoms with Crippen molar-refractivity contribution in [3.05, 3.63) is 59.9 Å². The van der Waals surface area contributed by atoms with Gasteiger partial charge >= 0.3 is 6.03 Å². The van der Waals surface area contributed by atoms with Crippen molar-refractivity contribution >= 4 is 29.2 Å². The van der Waals surface area contributed by atoms with Crippen LogP contribution in [0, 0.1) is 11.7 Å². The number of nitrogens with one attached hydrogen (secondary N) is 1. The van der Waals surface area contributed by atoms with Gasteiger partial charge in [0.2, 0.25) is 5.91 Å². The van der Waals surface area contributed by atoms with Crippen LogP contribution in [0.15, 0.2) is 48.5 Å². The third-order valence-electron chi connectivity index (χ3n) is 4.97. The smallest absolute Gasteiger partial charge is 0.326 e. The summed E-state index contributed by atoms with van der Waals surface area (Å²) in [6, 6.07) is 11.3. The van der Waals surface area contributed by atoms with Gasteiger partial charge in [0.15, 0.2) is 0 Å². The molecule has 0 aliphatic carbocycles. The van der Waals surface area contributed by atoms with Gasteiger partial charge in [-0.05, 0) is 48.2 Å². The molecule has 3 rings (SSSR count). The lowest BCUT2D eigenvalue weighted by Gasteiger charge is -2.23. The summed E-state index contributed by atoms with van der Waals surface area (Å²) in [5.41, 5.74) is 1.95. The summed E-state index contributed by atoms with van der Waals surface area (Å²) >= 11 is 0. The number of nitrogens with zero attached hydrogens (tertiary/aromatic N) is 2. The number of carbonyl (C=O) groups excluding carboxylic acids is 3. The lowest BCUT2D eigenvalue weighted by Crippen LogP contribution is -2.40. The van der Waals surface area contributed by atoms with Gasteiger partial charge in [0.05, 0.1) is 12.1 Å². The van der Waals surface area contributed by atoms with Crippen LogP contribution in [0.25, 0.3) is 0 Å². The normalized spacial score (nSPS) is 16.5. The summed E-state index contributed by atoms with van der Waals surface area (Å²) in [6.45, 7) is 6.22. The molecule has 0 aromatic heterocycles. The number of halogens is 1. The van der Waals surface area contributed by atoms with E-state index in [1.807, 2.05) is 45.0 Å². The number of aryl methyl sites for hydroxylation is 1. The molecule has 0 bridgehead atoms. The van der Waals surface area contributed by atoms with Gasteiger partial charge in [-0.3, -0.25) is 9.59 Å². The predicted molar refractivity (Wildman–Crippen MR) is 114 cm³/mol. The summed E-state index contributed by atoms with van der Waals surface area (Å²) < 4.78 is 13.7. The van der Waals surface area contributed by atoms with Crippen LogP contribution in [0.3, 0.4) is 0 Å². The molecular formula is C23H26FN3O3. The fourth-order valence-corrected chi connectivity index (χ4v) is 3.50. The van der Waals surface area contributed by atoms with Crippen molar-refractivity contribution in [3.8, 4) is 0 Å². The summed E-state index contributed by atoms with van der Waals surface area (Å²) in [5.74, 6) is -1.33. The van der Waals surface area contributed by atoms with Crippen LogP contribution in [0.5, 0.6) is 0 Å². The maximum atomic E-state index is 13.7. The molecule has 1 unspecified atom stereocenters. The minimum absolute atomic E-state index is 0.0985. The van der Waals surface area contributed by atoms with Crippen molar-refractivity contribution in [1.29, 1.82) is 0 Å². The highest BCUT2D eigenvalue weighted by atomic mass is 19.1. The minimum Gasteiger partial charge on any atom is -0.326 e. The highest BCUT2D eigenvalue weighted by Crippen LogP contribution is 2.28. The van der Waals surface area contributed by atoms with Gasteiger partial charge in [-0.25, -0.2) is 14.1 Å². The van der Waals surface area contributed by atoms with E-state index < -0.39 is 23.8 Å². The van der Waals surface area contributed by atoms with E-state index in [0.29, 0.717) is 12.2 Å². The first-order valence-corrected chi connectivity index (χ1v) is 10.1. The van der Waals surface area contributed by atoms with E-state index in [1.165, 1.54) is 23.1 Å². The monoisotopic (exact) mass is 411 g/mol. The molecule has 30 heavy (non-hydrogen) atoms. The van der Waals surface area contributed by atoms with E-state index >= 15 is 0 Å². The number of anilines is 2. The second-order valence-corrected chi connectivity index (χ2v) is 7.80. The Kier molecular flexibility index (Phi) is 6.50. The van der Waals surface area contributed by atoms with Gasteiger partial charge < -0.3 is 10.2 Å². The Balaban J connectivity index is 1.80. The number of carbonyl (C=O) groups is 3. The number of rotatable bonds is 7. The molecule has 0 saturated carbocycles. The Morgan fingerprint density at radius 1 is 1.13 bits per heavy atom. The van der Waals surface area contributed by atoms with E-state index in [0.717, 1.165) is 23.0 Å². The van der Waals surface area contributed by atoms with E-state index in [1.54, 1.807) is 0 Å². The van der Waals surface area contributed by atoms with Crippen molar-refractivity contribution in [3.63, 3.8) is 0 Å². The van der Waals surface area contributed by atoms with E-state index in [2.05, 4.69) is 5.32 Å². The standard InChI is InChI=1S/C23H26FN3O3/c1-4-16-8-10-18(11-9-16)25-21(28)13-20-22(29)27(19-7-5-6-17(24)12-19)23(30)26(20)14-15(2)3/h5-12,15,20H,4,13-14H2,1-3H3,(H,25,28). The van der Waals surface area contributed by atoms with Gasteiger partial charge in [-0.1, -0.05) is 39.0 Å². The summed E-state index contributed by atoms with van der Waals surface area (Å²) in [7, 11) is 0. The highest BCUT2D eigenvalue weighted by Gasteiger charge is 2.46. The van der Waals surface area contributed by atoms with Crippen LogP contribution < -0.4 is 10.2 Å². The highest BCUT2D eigenvalue weighted by molar-refractivity contribution is 6.22. The molecular weight excluding hydrogens is 385 g/mol. The van der Waals surface area contributed by atoms with Crippen molar-refractivity contribution in [2.75, 3.05) is 16.8 Å². The summed E-state index contributed by atoms with van der Waals surface area (Å²) in [5, 5.41) is 2.79. The zero-order valence-corrected chi connectivity index (χ0v) is 17.4. The van der Waals surface area contributed by atoms with Crippen LogP contribution in [-0.4, -0.2) is 35.3 Å². The fraction of sp³-hybridized carbons (Fsp3) is 0.348. The Morgan fingerprint density at radius 2 is 1.83 bits per heavy atom. The first-order valence-electron chi connectivity index (χ1n) is 10.1. The first kappa shape index (κ1) is 21.5. The number of hydrogen-bond acceptors (Lipinski definition) is 3. The van der Waals surface area contributed by atoms with E-state index in [4.69, 9.17) is 0 Å². The average molecular weight is 411 g/mol. The van der Waals surface area contributed by atoms with Gasteiger partial charge in [-0.2, -0.15) is 0 Å². The lowest BCUT2D eigenvalue weighted by atomic mass is 10.1. The Hall–Kier alpha value is -3.22. The van der Waals surface area contributed by atoms with Crippen LogP contribution in [0.4, 0.5) is 20.6 Å².